The fourth-order valence-corrected chi connectivity index (χ4v) is 5.46. The van der Waals surface area contributed by atoms with Crippen molar-refractivity contribution in [3.8, 4) is 0 Å². The molecule has 5 heteroatoms. The van der Waals surface area contributed by atoms with E-state index in [9.17, 15) is 0 Å². The molecule has 0 unspecified atom stereocenters. The van der Waals surface area contributed by atoms with E-state index in [0.29, 0.717) is 0 Å². The minimum atomic E-state index is -0.0119. The molecule has 0 atom stereocenters. The largest absolute Gasteiger partial charge is 0.586 e. The molecule has 2 radical (unpaired) electrons. The van der Waals surface area contributed by atoms with Gasteiger partial charge in [0.1, 0.15) is 23.8 Å². The molecule has 0 fully saturated rings. The molecule has 0 amide bonds. The topological polar surface area (TPSA) is 25.8 Å². The van der Waals surface area contributed by atoms with Gasteiger partial charge in [-0.2, -0.15) is 4.40 Å². The highest BCUT2D eigenvalue weighted by molar-refractivity contribution is 6.10. The molecule has 6 heterocycles. The summed E-state index contributed by atoms with van der Waals surface area (Å²) in [5.74, 6) is 0. The van der Waals surface area contributed by atoms with Crippen LogP contribution in [0.15, 0.2) is 24.5 Å². The Balaban J connectivity index is 2.09. The summed E-state index contributed by atoms with van der Waals surface area (Å²) >= 11 is 0. The number of rotatable bonds is 0. The van der Waals surface area contributed by atoms with Gasteiger partial charge >= 0.3 is 13.6 Å². The van der Waals surface area contributed by atoms with Crippen molar-refractivity contribution in [2.75, 3.05) is 0 Å². The lowest BCUT2D eigenvalue weighted by atomic mass is 9.60. The SMILES string of the molecule is [B][n+]1ccc2c3c1c1nccc4c1[n+]1c(c(C)n(c31)C2)C(C)(C)C4(C)C. The Labute approximate surface area is 153 Å². The van der Waals surface area contributed by atoms with Gasteiger partial charge in [-0.15, -0.1) is 0 Å². The Morgan fingerprint density at radius 2 is 1.88 bits per heavy atom. The lowest BCUT2D eigenvalue weighted by Gasteiger charge is -2.43. The van der Waals surface area contributed by atoms with Gasteiger partial charge in [0.25, 0.3) is 0 Å². The summed E-state index contributed by atoms with van der Waals surface area (Å²) in [5, 5.41) is 1.25. The predicted octanol–water partition coefficient (Wildman–Crippen LogP) is 2.39. The van der Waals surface area contributed by atoms with Crippen molar-refractivity contribution in [1.82, 2.24) is 9.55 Å². The molecule has 0 saturated heterocycles. The van der Waals surface area contributed by atoms with Crippen molar-refractivity contribution in [3.05, 3.63) is 47.0 Å². The molecular formula is C21H21BN4+2. The molecule has 4 nitrogen and oxygen atoms in total. The highest BCUT2D eigenvalue weighted by atomic mass is 15.2. The van der Waals surface area contributed by atoms with Crippen LogP contribution in [0.1, 0.15) is 50.2 Å². The summed E-state index contributed by atoms with van der Waals surface area (Å²) < 4.78 is 6.69. The third-order valence-corrected chi connectivity index (χ3v) is 7.44. The zero-order chi connectivity index (χ0) is 18.2. The van der Waals surface area contributed by atoms with Crippen LogP contribution in [-0.2, 0) is 17.4 Å². The first-order valence-electron chi connectivity index (χ1n) is 9.25. The van der Waals surface area contributed by atoms with Gasteiger partial charge in [0.2, 0.25) is 5.52 Å². The van der Waals surface area contributed by atoms with Crippen molar-refractivity contribution < 1.29 is 8.88 Å². The molecule has 0 aliphatic carbocycles. The maximum Gasteiger partial charge on any atom is 0.586 e. The highest BCUT2D eigenvalue weighted by Gasteiger charge is 2.53. The number of hydrogen-bond donors (Lipinski definition) is 0. The quantitative estimate of drug-likeness (QED) is 0.241. The molecule has 0 spiro atoms. The first-order valence-corrected chi connectivity index (χ1v) is 9.25. The number of aromatic nitrogens is 4. The third kappa shape index (κ3) is 1.25. The smallest absolute Gasteiger partial charge is 0.284 e. The standard InChI is InChI=1S/C21H21BN4/c1-11-18-21(4,5)20(2,3)13-6-8-23-15-16(13)26(18)19-14-12(10-24(11)19)7-9-25(22)17(14)15/h6-9H,10H2,1-5H3/q+2. The number of pyridine rings is 3. The molecule has 6 rings (SSSR count). The van der Waals surface area contributed by atoms with Crippen molar-refractivity contribution in [2.24, 2.45) is 0 Å². The molecule has 2 aliphatic heterocycles. The lowest BCUT2D eigenvalue weighted by molar-refractivity contribution is -0.505. The second-order valence-electron chi connectivity index (χ2n) is 8.96. The number of imidazole rings is 1. The van der Waals surface area contributed by atoms with Crippen LogP contribution in [0.5, 0.6) is 0 Å². The fourth-order valence-electron chi connectivity index (χ4n) is 5.46. The molecule has 126 valence electrons. The van der Waals surface area contributed by atoms with Crippen LogP contribution >= 0.6 is 0 Å². The van der Waals surface area contributed by atoms with Crippen LogP contribution in [0.25, 0.3) is 27.6 Å². The average Bonchev–Trinajstić information content (AvgIpc) is 3.10. The van der Waals surface area contributed by atoms with E-state index in [4.69, 9.17) is 13.0 Å². The number of fused-ring (bicyclic) bond motifs is 1. The molecule has 4 aromatic rings. The fraction of sp³-hybridized carbons (Fsp3) is 0.381. The van der Waals surface area contributed by atoms with Gasteiger partial charge < -0.3 is 0 Å². The lowest BCUT2D eigenvalue weighted by Crippen LogP contribution is -2.52. The Morgan fingerprint density at radius 1 is 1.12 bits per heavy atom. The van der Waals surface area contributed by atoms with Gasteiger partial charge in [0.05, 0.1) is 0 Å². The van der Waals surface area contributed by atoms with Crippen LogP contribution < -0.4 is 8.88 Å². The maximum atomic E-state index is 6.40. The second kappa shape index (κ2) is 3.95. The monoisotopic (exact) mass is 340 g/mol. The van der Waals surface area contributed by atoms with Crippen LogP contribution in [0.3, 0.4) is 0 Å². The Kier molecular flexibility index (Phi) is 2.24. The van der Waals surface area contributed by atoms with Crippen molar-refractivity contribution in [1.29, 1.82) is 0 Å². The number of nitrogens with zero attached hydrogens (tertiary/aromatic N) is 4. The highest BCUT2D eigenvalue weighted by Crippen LogP contribution is 2.50. The molecular weight excluding hydrogens is 319 g/mol. The average molecular weight is 340 g/mol. The summed E-state index contributed by atoms with van der Waals surface area (Å²) in [5.41, 5.74) is 9.96. The van der Waals surface area contributed by atoms with Crippen LogP contribution in [0, 0.1) is 6.92 Å². The van der Waals surface area contributed by atoms with E-state index >= 15 is 0 Å². The van der Waals surface area contributed by atoms with E-state index in [1.54, 1.807) is 4.48 Å². The minimum Gasteiger partial charge on any atom is -0.284 e. The first-order chi connectivity index (χ1) is 12.3. The molecule has 2 aliphatic rings. The van der Waals surface area contributed by atoms with Gasteiger partial charge in [-0.1, -0.05) is 27.7 Å². The number of hydrogen-bond acceptors (Lipinski definition) is 1. The van der Waals surface area contributed by atoms with Crippen molar-refractivity contribution >= 4 is 35.6 Å². The molecule has 26 heavy (non-hydrogen) atoms. The van der Waals surface area contributed by atoms with E-state index in [-0.39, 0.29) is 10.8 Å². The zero-order valence-electron chi connectivity index (χ0n) is 15.9. The first kappa shape index (κ1) is 14.7. The summed E-state index contributed by atoms with van der Waals surface area (Å²) in [6.07, 6.45) is 3.91. The molecule has 0 saturated carbocycles. The maximum absolute atomic E-state index is 6.40. The van der Waals surface area contributed by atoms with Gasteiger partial charge in [-0.05, 0) is 6.07 Å². The van der Waals surface area contributed by atoms with Gasteiger partial charge in [-0.3, -0.25) is 4.48 Å². The molecule has 4 aromatic heterocycles. The second-order valence-corrected chi connectivity index (χ2v) is 8.96. The van der Waals surface area contributed by atoms with E-state index in [1.807, 2.05) is 12.4 Å². The molecule has 0 aromatic carbocycles. The normalized spacial score (nSPS) is 18.8. The van der Waals surface area contributed by atoms with E-state index in [1.165, 1.54) is 39.1 Å². The van der Waals surface area contributed by atoms with E-state index < -0.39 is 0 Å². The van der Waals surface area contributed by atoms with Gasteiger partial charge in [0.15, 0.2) is 16.7 Å². The zero-order valence-corrected chi connectivity index (χ0v) is 15.9. The van der Waals surface area contributed by atoms with E-state index in [2.05, 4.69) is 55.7 Å². The van der Waals surface area contributed by atoms with Gasteiger partial charge in [0, 0.05) is 41.1 Å². The van der Waals surface area contributed by atoms with Crippen molar-refractivity contribution in [2.45, 2.75) is 52.0 Å². The Bertz CT molecular complexity index is 1330. The summed E-state index contributed by atoms with van der Waals surface area (Å²) in [4.78, 5) is 4.81. The molecule has 0 bridgehead atoms. The van der Waals surface area contributed by atoms with Crippen molar-refractivity contribution in [3.63, 3.8) is 0 Å². The Hall–Kier alpha value is -2.43. The summed E-state index contributed by atoms with van der Waals surface area (Å²) in [6.45, 7) is 12.6. The minimum absolute atomic E-state index is 0.00514. The van der Waals surface area contributed by atoms with Crippen LogP contribution in [0.4, 0.5) is 0 Å². The Morgan fingerprint density at radius 3 is 2.65 bits per heavy atom. The predicted molar refractivity (Wildman–Crippen MR) is 102 cm³/mol. The van der Waals surface area contributed by atoms with Crippen LogP contribution in [-0.4, -0.2) is 17.5 Å². The van der Waals surface area contributed by atoms with Crippen LogP contribution in [0.2, 0.25) is 0 Å². The summed E-state index contributed by atoms with van der Waals surface area (Å²) in [7, 11) is 6.40. The third-order valence-electron chi connectivity index (χ3n) is 7.44. The molecule has 0 N–H and O–H groups in total. The van der Waals surface area contributed by atoms with Gasteiger partial charge in [-0.25, -0.2) is 9.55 Å². The van der Waals surface area contributed by atoms with E-state index in [0.717, 1.165) is 17.6 Å². The summed E-state index contributed by atoms with van der Waals surface area (Å²) in [6, 6.07) is 4.34.